The van der Waals surface area contributed by atoms with Gasteiger partial charge in [0.05, 0.1) is 12.6 Å². The molecule has 0 spiro atoms. The van der Waals surface area contributed by atoms with Gasteiger partial charge in [-0.3, -0.25) is 0 Å². The van der Waals surface area contributed by atoms with Gasteiger partial charge in [0.1, 0.15) is 6.61 Å². The topological polar surface area (TPSA) is 47.6 Å². The van der Waals surface area contributed by atoms with E-state index in [1.54, 1.807) is 13.8 Å². The van der Waals surface area contributed by atoms with Gasteiger partial charge < -0.3 is 14.8 Å². The lowest BCUT2D eigenvalue weighted by Crippen LogP contribution is -2.41. The van der Waals surface area contributed by atoms with Gasteiger partial charge in [0, 0.05) is 0 Å². The van der Waals surface area contributed by atoms with Crippen LogP contribution in [0, 0.1) is 0 Å². The van der Waals surface area contributed by atoms with Crippen molar-refractivity contribution < 1.29 is 23.0 Å². The number of hydrogen-bond donors (Lipinski definition) is 1. The number of carbonyl (C=O) groups is 1. The molecule has 14 heavy (non-hydrogen) atoms. The third kappa shape index (κ3) is 2.80. The second-order valence-electron chi connectivity index (χ2n) is 3.40. The van der Waals surface area contributed by atoms with E-state index in [9.17, 15) is 13.6 Å². The summed E-state index contributed by atoms with van der Waals surface area (Å²) in [7, 11) is 0. The highest BCUT2D eigenvalue weighted by atomic mass is 19.3. The number of cyclic esters (lactones) is 1. The summed E-state index contributed by atoms with van der Waals surface area (Å²) < 4.78 is 35.6. The van der Waals surface area contributed by atoms with Crippen LogP contribution in [-0.2, 0) is 9.47 Å². The van der Waals surface area contributed by atoms with Crippen LogP contribution in [0.3, 0.4) is 0 Å². The number of hydrogen-bond acceptors (Lipinski definition) is 3. The van der Waals surface area contributed by atoms with E-state index in [2.05, 4.69) is 10.1 Å². The lowest BCUT2D eigenvalue weighted by Gasteiger charge is -2.21. The highest BCUT2D eigenvalue weighted by Gasteiger charge is 2.46. The van der Waals surface area contributed by atoms with Gasteiger partial charge >= 0.3 is 12.0 Å². The number of rotatable bonds is 4. The quantitative estimate of drug-likeness (QED) is 0.755. The van der Waals surface area contributed by atoms with E-state index in [1.807, 2.05) is 0 Å². The summed E-state index contributed by atoms with van der Waals surface area (Å²) in [4.78, 5) is 10.5. The minimum atomic E-state index is -3.14. The molecular formula is C8H13F2NO3. The fourth-order valence-corrected chi connectivity index (χ4v) is 0.995. The molecule has 0 aliphatic carbocycles. The zero-order valence-corrected chi connectivity index (χ0v) is 8.05. The van der Waals surface area contributed by atoms with E-state index in [0.717, 1.165) is 0 Å². The molecule has 1 unspecified atom stereocenters. The first-order chi connectivity index (χ1) is 6.42. The average Bonchev–Trinajstić information content (AvgIpc) is 2.49. The van der Waals surface area contributed by atoms with Gasteiger partial charge in [0.2, 0.25) is 0 Å². The Morgan fingerprint density at radius 3 is 2.79 bits per heavy atom. The Balaban J connectivity index is 2.43. The highest BCUT2D eigenvalue weighted by molar-refractivity contribution is 5.69. The Morgan fingerprint density at radius 1 is 1.71 bits per heavy atom. The zero-order chi connectivity index (χ0) is 10.8. The molecule has 0 aromatic rings. The van der Waals surface area contributed by atoms with E-state index in [-0.39, 0.29) is 12.6 Å². The summed E-state index contributed by atoms with van der Waals surface area (Å²) >= 11 is 0. The maximum absolute atomic E-state index is 13.2. The SMILES string of the molecule is CC(C)OCC(F)(F)C1CNC(=O)O1. The van der Waals surface area contributed by atoms with Crippen LogP contribution in [0.5, 0.6) is 0 Å². The first kappa shape index (κ1) is 11.2. The first-order valence-corrected chi connectivity index (χ1v) is 4.36. The summed E-state index contributed by atoms with van der Waals surface area (Å²) in [5.74, 6) is -3.14. The Bertz CT molecular complexity index is 221. The fraction of sp³-hybridized carbons (Fsp3) is 0.875. The Kier molecular flexibility index (Phi) is 3.25. The number of alkyl halides is 2. The molecule has 0 radical (unpaired) electrons. The van der Waals surface area contributed by atoms with Crippen LogP contribution >= 0.6 is 0 Å². The van der Waals surface area contributed by atoms with Gasteiger partial charge in [-0.2, -0.15) is 8.78 Å². The molecule has 0 aromatic heterocycles. The van der Waals surface area contributed by atoms with Crippen LogP contribution in [-0.4, -0.2) is 37.4 Å². The first-order valence-electron chi connectivity index (χ1n) is 4.36. The van der Waals surface area contributed by atoms with Crippen molar-refractivity contribution >= 4 is 6.09 Å². The van der Waals surface area contributed by atoms with Crippen LogP contribution in [0.4, 0.5) is 13.6 Å². The maximum Gasteiger partial charge on any atom is 0.407 e. The molecule has 1 aliphatic rings. The normalized spacial score (nSPS) is 22.4. The summed E-state index contributed by atoms with van der Waals surface area (Å²) in [6, 6.07) is 0. The molecular weight excluding hydrogens is 196 g/mol. The van der Waals surface area contributed by atoms with Gasteiger partial charge in [-0.15, -0.1) is 0 Å². The van der Waals surface area contributed by atoms with Crippen molar-refractivity contribution in [1.82, 2.24) is 5.32 Å². The van der Waals surface area contributed by atoms with Crippen molar-refractivity contribution in [3.63, 3.8) is 0 Å². The Morgan fingerprint density at radius 2 is 2.36 bits per heavy atom. The number of nitrogens with one attached hydrogen (secondary N) is 1. The average molecular weight is 209 g/mol. The van der Waals surface area contributed by atoms with Crippen LogP contribution in [0.15, 0.2) is 0 Å². The summed E-state index contributed by atoms with van der Waals surface area (Å²) in [6.07, 6.45) is -2.50. The van der Waals surface area contributed by atoms with Crippen molar-refractivity contribution in [3.8, 4) is 0 Å². The number of halogens is 2. The standard InChI is InChI=1S/C8H13F2NO3/c1-5(2)13-4-8(9,10)6-3-11-7(12)14-6/h5-6H,3-4H2,1-2H3,(H,11,12). The van der Waals surface area contributed by atoms with Crippen molar-refractivity contribution in [2.24, 2.45) is 0 Å². The van der Waals surface area contributed by atoms with Gasteiger partial charge in [-0.05, 0) is 13.8 Å². The minimum Gasteiger partial charge on any atom is -0.438 e. The molecule has 1 N–H and O–H groups in total. The summed E-state index contributed by atoms with van der Waals surface area (Å²) in [5, 5.41) is 2.17. The van der Waals surface area contributed by atoms with Gasteiger partial charge in [0.15, 0.2) is 6.10 Å². The van der Waals surface area contributed by atoms with Crippen molar-refractivity contribution in [2.45, 2.75) is 32.0 Å². The van der Waals surface area contributed by atoms with Gasteiger partial charge in [-0.1, -0.05) is 0 Å². The third-order valence-electron chi connectivity index (χ3n) is 1.76. The molecule has 1 fully saturated rings. The van der Waals surface area contributed by atoms with E-state index in [4.69, 9.17) is 4.74 Å². The van der Waals surface area contributed by atoms with Crippen molar-refractivity contribution in [3.05, 3.63) is 0 Å². The zero-order valence-electron chi connectivity index (χ0n) is 8.05. The van der Waals surface area contributed by atoms with E-state index in [0.29, 0.717) is 0 Å². The van der Waals surface area contributed by atoms with Crippen LogP contribution in [0.2, 0.25) is 0 Å². The largest absolute Gasteiger partial charge is 0.438 e. The number of amides is 1. The molecule has 1 atom stereocenters. The van der Waals surface area contributed by atoms with E-state index in [1.165, 1.54) is 0 Å². The smallest absolute Gasteiger partial charge is 0.407 e. The summed E-state index contributed by atoms with van der Waals surface area (Å²) in [6.45, 7) is 2.42. The number of ether oxygens (including phenoxy) is 2. The van der Waals surface area contributed by atoms with Crippen LogP contribution < -0.4 is 5.32 Å². The minimum absolute atomic E-state index is 0.173. The molecule has 1 amide bonds. The molecule has 4 nitrogen and oxygen atoms in total. The van der Waals surface area contributed by atoms with Crippen molar-refractivity contribution in [1.29, 1.82) is 0 Å². The lowest BCUT2D eigenvalue weighted by molar-refractivity contribution is -0.147. The molecule has 0 aromatic carbocycles. The van der Waals surface area contributed by atoms with Gasteiger partial charge in [-0.25, -0.2) is 4.79 Å². The van der Waals surface area contributed by atoms with Gasteiger partial charge in [0.25, 0.3) is 0 Å². The van der Waals surface area contributed by atoms with Crippen LogP contribution in [0.25, 0.3) is 0 Å². The lowest BCUT2D eigenvalue weighted by atomic mass is 10.2. The molecule has 1 saturated heterocycles. The monoisotopic (exact) mass is 209 g/mol. The second-order valence-corrected chi connectivity index (χ2v) is 3.40. The molecule has 0 saturated carbocycles. The Hall–Kier alpha value is -0.910. The van der Waals surface area contributed by atoms with E-state index >= 15 is 0 Å². The van der Waals surface area contributed by atoms with Crippen LogP contribution in [0.1, 0.15) is 13.8 Å². The number of alkyl carbamates (subject to hydrolysis) is 1. The van der Waals surface area contributed by atoms with Crippen molar-refractivity contribution in [2.75, 3.05) is 13.2 Å². The predicted octanol–water partition coefficient (Wildman–Crippen LogP) is 1.16. The highest BCUT2D eigenvalue weighted by Crippen LogP contribution is 2.24. The molecule has 1 heterocycles. The fourth-order valence-electron chi connectivity index (χ4n) is 0.995. The summed E-state index contributed by atoms with van der Waals surface area (Å²) in [5.41, 5.74) is 0. The molecule has 1 rings (SSSR count). The molecule has 82 valence electrons. The molecule has 0 bridgehead atoms. The molecule has 1 aliphatic heterocycles. The second kappa shape index (κ2) is 4.08. The maximum atomic E-state index is 13.2. The molecule has 6 heteroatoms. The number of carbonyl (C=O) groups excluding carboxylic acids is 1. The third-order valence-corrected chi connectivity index (χ3v) is 1.76. The Labute approximate surface area is 80.6 Å². The predicted molar refractivity (Wildman–Crippen MR) is 44.3 cm³/mol. The van der Waals surface area contributed by atoms with E-state index < -0.39 is 24.7 Å².